The number of halogens is 3. The van der Waals surface area contributed by atoms with E-state index in [4.69, 9.17) is 4.74 Å². The third-order valence-electron chi connectivity index (χ3n) is 1.69. The van der Waals surface area contributed by atoms with Crippen LogP contribution in [0.1, 0.15) is 13.3 Å². The molecular formula is C9H17F3N2O2. The molecule has 0 aromatic rings. The number of carbonyl (C=O) groups is 1. The zero-order valence-electron chi connectivity index (χ0n) is 9.36. The quantitative estimate of drug-likeness (QED) is 0.645. The molecule has 16 heavy (non-hydrogen) atoms. The molecule has 1 unspecified atom stereocenters. The lowest BCUT2D eigenvalue weighted by Crippen LogP contribution is -2.41. The van der Waals surface area contributed by atoms with Crippen LogP contribution in [-0.2, 0) is 9.53 Å². The Morgan fingerprint density at radius 2 is 2.06 bits per heavy atom. The number of carbonyl (C=O) groups excluding carboxylic acids is 1. The van der Waals surface area contributed by atoms with Crippen LogP contribution < -0.4 is 10.6 Å². The summed E-state index contributed by atoms with van der Waals surface area (Å²) in [5.74, 6) is -0.341. The Bertz CT molecular complexity index is 209. The first kappa shape index (κ1) is 15.2. The van der Waals surface area contributed by atoms with Gasteiger partial charge in [0.2, 0.25) is 5.91 Å². The molecule has 96 valence electrons. The summed E-state index contributed by atoms with van der Waals surface area (Å²) in [6.07, 6.45) is -5.12. The minimum atomic E-state index is -4.19. The number of hydrogen-bond acceptors (Lipinski definition) is 3. The molecule has 0 aromatic heterocycles. The van der Waals surface area contributed by atoms with Gasteiger partial charge in [0.05, 0.1) is 19.6 Å². The molecule has 0 aliphatic heterocycles. The van der Waals surface area contributed by atoms with Crippen LogP contribution in [0.3, 0.4) is 0 Å². The van der Waals surface area contributed by atoms with Crippen LogP contribution in [0.15, 0.2) is 0 Å². The normalized spacial score (nSPS) is 13.6. The molecule has 0 spiro atoms. The zero-order valence-corrected chi connectivity index (χ0v) is 9.36. The van der Waals surface area contributed by atoms with Gasteiger partial charge in [-0.2, -0.15) is 13.2 Å². The number of ether oxygens (including phenoxy) is 1. The van der Waals surface area contributed by atoms with Crippen LogP contribution in [0.5, 0.6) is 0 Å². The lowest BCUT2D eigenvalue weighted by atomic mass is 10.3. The number of nitrogens with one attached hydrogen (secondary N) is 2. The lowest BCUT2D eigenvalue weighted by molar-refractivity contribution is -0.134. The summed E-state index contributed by atoms with van der Waals surface area (Å²) in [5.41, 5.74) is 0. The first-order valence-corrected chi connectivity index (χ1v) is 4.91. The molecule has 1 amide bonds. The Hall–Kier alpha value is -0.820. The van der Waals surface area contributed by atoms with Gasteiger partial charge in [-0.15, -0.1) is 0 Å². The van der Waals surface area contributed by atoms with Crippen LogP contribution in [0.25, 0.3) is 0 Å². The topological polar surface area (TPSA) is 50.4 Å². The van der Waals surface area contributed by atoms with Gasteiger partial charge >= 0.3 is 6.18 Å². The summed E-state index contributed by atoms with van der Waals surface area (Å²) in [4.78, 5) is 11.1. The molecule has 0 saturated heterocycles. The van der Waals surface area contributed by atoms with Crippen molar-refractivity contribution in [2.24, 2.45) is 0 Å². The first-order chi connectivity index (χ1) is 7.35. The van der Waals surface area contributed by atoms with Crippen LogP contribution in [0.4, 0.5) is 13.2 Å². The molecule has 0 fully saturated rings. The first-order valence-electron chi connectivity index (χ1n) is 4.91. The minimum absolute atomic E-state index is 0.121. The van der Waals surface area contributed by atoms with E-state index in [9.17, 15) is 18.0 Å². The van der Waals surface area contributed by atoms with E-state index in [0.29, 0.717) is 6.61 Å². The molecule has 0 radical (unpaired) electrons. The highest BCUT2D eigenvalue weighted by atomic mass is 19.4. The smallest absolute Gasteiger partial charge is 0.383 e. The van der Waals surface area contributed by atoms with Gasteiger partial charge in [-0.1, -0.05) is 0 Å². The summed E-state index contributed by atoms with van der Waals surface area (Å²) < 4.78 is 40.0. The molecule has 0 bridgehead atoms. The zero-order chi connectivity index (χ0) is 12.6. The van der Waals surface area contributed by atoms with Crippen LogP contribution in [-0.4, -0.2) is 44.9 Å². The third kappa shape index (κ3) is 9.72. The number of alkyl halides is 3. The number of hydrogen-bond donors (Lipinski definition) is 2. The summed E-state index contributed by atoms with van der Waals surface area (Å²) >= 11 is 0. The highest BCUT2D eigenvalue weighted by Crippen LogP contribution is 2.17. The predicted molar refractivity (Wildman–Crippen MR) is 53.0 cm³/mol. The Balaban J connectivity index is 3.51. The SMILES string of the molecule is COCC(C)NC(=O)CNCCC(F)(F)F. The van der Waals surface area contributed by atoms with Crippen LogP contribution >= 0.6 is 0 Å². The largest absolute Gasteiger partial charge is 0.390 e. The molecule has 0 heterocycles. The van der Waals surface area contributed by atoms with Gasteiger partial charge in [-0.3, -0.25) is 4.79 Å². The van der Waals surface area contributed by atoms with E-state index in [1.54, 1.807) is 6.92 Å². The fourth-order valence-corrected chi connectivity index (χ4v) is 1.05. The van der Waals surface area contributed by atoms with Crippen molar-refractivity contribution in [3.63, 3.8) is 0 Å². The molecule has 1 atom stereocenters. The second-order valence-electron chi connectivity index (χ2n) is 3.47. The van der Waals surface area contributed by atoms with Gasteiger partial charge in [-0.05, 0) is 6.92 Å². The number of rotatable bonds is 7. The van der Waals surface area contributed by atoms with Crippen LogP contribution in [0, 0.1) is 0 Å². The molecule has 0 aliphatic carbocycles. The molecule has 0 saturated carbocycles. The lowest BCUT2D eigenvalue weighted by Gasteiger charge is -2.13. The Labute approximate surface area is 92.5 Å². The van der Waals surface area contributed by atoms with Gasteiger partial charge in [0.15, 0.2) is 0 Å². The summed E-state index contributed by atoms with van der Waals surface area (Å²) in [5, 5.41) is 4.99. The number of amides is 1. The van der Waals surface area contributed by atoms with E-state index in [1.165, 1.54) is 7.11 Å². The van der Waals surface area contributed by atoms with Crippen molar-refractivity contribution >= 4 is 5.91 Å². The van der Waals surface area contributed by atoms with Crippen LogP contribution in [0.2, 0.25) is 0 Å². The molecular weight excluding hydrogens is 225 g/mol. The summed E-state index contributed by atoms with van der Waals surface area (Å²) in [6, 6.07) is -0.151. The maximum absolute atomic E-state index is 11.7. The second-order valence-corrected chi connectivity index (χ2v) is 3.47. The van der Waals surface area contributed by atoms with E-state index in [-0.39, 0.29) is 25.0 Å². The average molecular weight is 242 g/mol. The fourth-order valence-electron chi connectivity index (χ4n) is 1.05. The number of methoxy groups -OCH3 is 1. The predicted octanol–water partition coefficient (Wildman–Crippen LogP) is 0.679. The van der Waals surface area contributed by atoms with E-state index in [2.05, 4.69) is 10.6 Å². The van der Waals surface area contributed by atoms with E-state index >= 15 is 0 Å². The standard InChI is InChI=1S/C9H17F3N2O2/c1-7(6-16-2)14-8(15)5-13-4-3-9(10,11)12/h7,13H,3-6H2,1-2H3,(H,14,15). The minimum Gasteiger partial charge on any atom is -0.383 e. The van der Waals surface area contributed by atoms with Crippen molar-refractivity contribution in [3.05, 3.63) is 0 Å². The Morgan fingerprint density at radius 1 is 1.44 bits per heavy atom. The van der Waals surface area contributed by atoms with Gasteiger partial charge in [0.1, 0.15) is 0 Å². The van der Waals surface area contributed by atoms with Gasteiger partial charge in [0, 0.05) is 19.7 Å². The average Bonchev–Trinajstić information content (AvgIpc) is 2.11. The van der Waals surface area contributed by atoms with Crippen molar-refractivity contribution in [2.45, 2.75) is 25.6 Å². The third-order valence-corrected chi connectivity index (χ3v) is 1.69. The molecule has 7 heteroatoms. The highest BCUT2D eigenvalue weighted by molar-refractivity contribution is 5.78. The summed E-state index contributed by atoms with van der Waals surface area (Å²) in [7, 11) is 1.50. The van der Waals surface area contributed by atoms with E-state index in [1.807, 2.05) is 0 Å². The van der Waals surface area contributed by atoms with E-state index < -0.39 is 12.6 Å². The second kappa shape index (κ2) is 7.45. The Morgan fingerprint density at radius 3 is 2.56 bits per heavy atom. The summed E-state index contributed by atoms with van der Waals surface area (Å²) in [6.45, 7) is 1.74. The molecule has 0 aromatic carbocycles. The Kier molecular flexibility index (Phi) is 7.07. The van der Waals surface area contributed by atoms with Crippen molar-refractivity contribution in [3.8, 4) is 0 Å². The maximum Gasteiger partial charge on any atom is 0.390 e. The molecule has 4 nitrogen and oxygen atoms in total. The highest BCUT2D eigenvalue weighted by Gasteiger charge is 2.26. The molecule has 0 aliphatic rings. The van der Waals surface area contributed by atoms with Crippen molar-refractivity contribution in [2.75, 3.05) is 26.8 Å². The van der Waals surface area contributed by atoms with E-state index in [0.717, 1.165) is 0 Å². The van der Waals surface area contributed by atoms with Crippen molar-refractivity contribution in [1.82, 2.24) is 10.6 Å². The van der Waals surface area contributed by atoms with Gasteiger partial charge in [-0.25, -0.2) is 0 Å². The van der Waals surface area contributed by atoms with Crippen molar-refractivity contribution in [1.29, 1.82) is 0 Å². The van der Waals surface area contributed by atoms with Gasteiger partial charge in [0.25, 0.3) is 0 Å². The van der Waals surface area contributed by atoms with Crippen molar-refractivity contribution < 1.29 is 22.7 Å². The molecule has 0 rings (SSSR count). The maximum atomic E-state index is 11.7. The fraction of sp³-hybridized carbons (Fsp3) is 0.889. The monoisotopic (exact) mass is 242 g/mol. The molecule has 2 N–H and O–H groups in total. The van der Waals surface area contributed by atoms with Gasteiger partial charge < -0.3 is 15.4 Å².